The molecule has 0 amide bonds. The maximum absolute atomic E-state index is 11.1. The van der Waals surface area contributed by atoms with Gasteiger partial charge in [-0.25, -0.2) is 0 Å². The van der Waals surface area contributed by atoms with E-state index < -0.39 is 5.97 Å². The Morgan fingerprint density at radius 2 is 2.13 bits per heavy atom. The number of nitrogens with one attached hydrogen (secondary N) is 1. The highest BCUT2D eigenvalue weighted by Crippen LogP contribution is 2.20. The van der Waals surface area contributed by atoms with E-state index in [1.807, 2.05) is 37.8 Å². The summed E-state index contributed by atoms with van der Waals surface area (Å²) in [6, 6.07) is 5.75. The van der Waals surface area contributed by atoms with Crippen LogP contribution in [0.25, 0.3) is 0 Å². The lowest BCUT2D eigenvalue weighted by Crippen LogP contribution is -2.38. The van der Waals surface area contributed by atoms with E-state index in [2.05, 4.69) is 21.9 Å². The molecule has 0 radical (unpaired) electrons. The summed E-state index contributed by atoms with van der Waals surface area (Å²) in [5.41, 5.74) is 1.06. The predicted octanol–water partition coefficient (Wildman–Crippen LogP) is 4.59. The number of likely N-dealkylation sites (tertiary alicyclic amines) is 1. The number of aryl methyl sites for hydroxylation is 1. The van der Waals surface area contributed by atoms with Crippen molar-refractivity contribution in [3.63, 3.8) is 0 Å². The van der Waals surface area contributed by atoms with E-state index in [-0.39, 0.29) is 5.92 Å². The molecular formula is C21H30Cl2N4O3. The summed E-state index contributed by atoms with van der Waals surface area (Å²) in [5, 5.41) is 13.5. The number of ether oxygens (including phenoxy) is 1. The fraction of sp³-hybridized carbons (Fsp3) is 0.476. The van der Waals surface area contributed by atoms with E-state index >= 15 is 0 Å². The smallest absolute Gasteiger partial charge is 0.308 e. The number of rotatable bonds is 4. The number of carbonyl (C=O) groups is 1. The van der Waals surface area contributed by atoms with Crippen LogP contribution in [0.1, 0.15) is 32.3 Å². The number of methoxy groups -OCH3 is 1. The van der Waals surface area contributed by atoms with Gasteiger partial charge in [0.05, 0.1) is 13.0 Å². The van der Waals surface area contributed by atoms with Gasteiger partial charge in [-0.15, -0.1) is 0 Å². The molecule has 2 rings (SSSR count). The minimum absolute atomic E-state index is 0.298. The molecule has 1 unspecified atom stereocenters. The number of piperidine rings is 1. The zero-order valence-electron chi connectivity index (χ0n) is 17.9. The second kappa shape index (κ2) is 13.1. The zero-order valence-corrected chi connectivity index (χ0v) is 19.4. The third kappa shape index (κ3) is 9.05. The largest absolute Gasteiger partial charge is 0.481 e. The molecule has 0 saturated carbocycles. The lowest BCUT2D eigenvalue weighted by atomic mass is 9.98. The average Bonchev–Trinajstić information content (AvgIpc) is 2.71. The van der Waals surface area contributed by atoms with Gasteiger partial charge in [-0.05, 0) is 51.3 Å². The van der Waals surface area contributed by atoms with Gasteiger partial charge in [-0.2, -0.15) is 4.99 Å². The van der Waals surface area contributed by atoms with Crippen molar-refractivity contribution in [3.8, 4) is 0 Å². The zero-order chi connectivity index (χ0) is 22.7. The molecule has 0 spiro atoms. The minimum Gasteiger partial charge on any atom is -0.481 e. The van der Waals surface area contributed by atoms with Crippen LogP contribution >= 0.6 is 23.2 Å². The molecule has 9 heteroatoms. The number of benzene rings is 1. The highest BCUT2D eigenvalue weighted by Gasteiger charge is 2.26. The van der Waals surface area contributed by atoms with Crippen molar-refractivity contribution in [2.45, 2.75) is 33.6 Å². The van der Waals surface area contributed by atoms with E-state index in [4.69, 9.17) is 33.0 Å². The van der Waals surface area contributed by atoms with E-state index in [1.165, 1.54) is 7.11 Å². The Morgan fingerprint density at radius 1 is 1.43 bits per heavy atom. The third-order valence-corrected chi connectivity index (χ3v) is 5.02. The van der Waals surface area contributed by atoms with Gasteiger partial charge in [0.15, 0.2) is 0 Å². The van der Waals surface area contributed by atoms with Crippen molar-refractivity contribution >= 4 is 41.0 Å². The normalized spacial score (nSPS) is 17.0. The molecule has 2 N–H and O–H groups in total. The number of hydrogen-bond acceptors (Lipinski definition) is 5. The van der Waals surface area contributed by atoms with E-state index in [9.17, 15) is 4.79 Å². The number of nitrogens with zero attached hydrogens (tertiary/aromatic N) is 3. The summed E-state index contributed by atoms with van der Waals surface area (Å²) in [4.78, 5) is 21.4. The first kappa shape index (κ1) is 25.8. The van der Waals surface area contributed by atoms with Crippen LogP contribution in [0.3, 0.4) is 0 Å². The Balaban J connectivity index is 0.000000414. The predicted molar refractivity (Wildman–Crippen MR) is 124 cm³/mol. The molecule has 1 heterocycles. The Morgan fingerprint density at radius 3 is 2.67 bits per heavy atom. The summed E-state index contributed by atoms with van der Waals surface area (Å²) in [6.07, 6.45) is 1.51. The van der Waals surface area contributed by atoms with Crippen LogP contribution in [0.2, 0.25) is 10.0 Å². The van der Waals surface area contributed by atoms with Gasteiger partial charge in [0, 0.05) is 29.7 Å². The molecule has 1 atom stereocenters. The summed E-state index contributed by atoms with van der Waals surface area (Å²) in [6.45, 7) is 11.5. The maximum Gasteiger partial charge on any atom is 0.308 e. The molecule has 166 valence electrons. The third-order valence-electron chi connectivity index (χ3n) is 4.38. The van der Waals surface area contributed by atoms with Crippen molar-refractivity contribution in [1.82, 2.24) is 10.2 Å². The van der Waals surface area contributed by atoms with Gasteiger partial charge in [0.2, 0.25) is 0 Å². The number of halogens is 2. The quantitative estimate of drug-likeness (QED) is 0.510. The number of carboxylic acids is 1. The Labute approximate surface area is 188 Å². The molecule has 1 fully saturated rings. The van der Waals surface area contributed by atoms with Crippen molar-refractivity contribution in [2.75, 3.05) is 26.7 Å². The summed E-state index contributed by atoms with van der Waals surface area (Å²) >= 11 is 11.4. The number of aliphatic imine (C=N–C) groups is 2. The SMILES string of the molecule is C=C(/N=C(\NC(C)=NCC)OC)N1CCCC(C(=O)O)C1.Cc1ccc(Cl)cc1Cl. The molecular weight excluding hydrogens is 427 g/mol. The van der Waals surface area contributed by atoms with Gasteiger partial charge >= 0.3 is 5.97 Å². The summed E-state index contributed by atoms with van der Waals surface area (Å²) in [7, 11) is 1.51. The Hall–Kier alpha value is -2.25. The maximum atomic E-state index is 11.1. The van der Waals surface area contributed by atoms with Gasteiger partial charge < -0.3 is 14.7 Å². The van der Waals surface area contributed by atoms with E-state index in [0.29, 0.717) is 42.2 Å². The van der Waals surface area contributed by atoms with Gasteiger partial charge in [-0.3, -0.25) is 15.1 Å². The van der Waals surface area contributed by atoms with E-state index in [1.54, 1.807) is 6.07 Å². The Kier molecular flexibility index (Phi) is 11.3. The highest BCUT2D eigenvalue weighted by atomic mass is 35.5. The number of hydrogen-bond donors (Lipinski definition) is 2. The molecule has 0 aromatic heterocycles. The summed E-state index contributed by atoms with van der Waals surface area (Å²) < 4.78 is 5.16. The number of carboxylic acid groups (broad SMARTS) is 1. The lowest BCUT2D eigenvalue weighted by molar-refractivity contribution is -0.143. The highest BCUT2D eigenvalue weighted by molar-refractivity contribution is 6.35. The molecule has 1 aliphatic heterocycles. The van der Waals surface area contributed by atoms with Gasteiger partial charge in [0.25, 0.3) is 6.02 Å². The van der Waals surface area contributed by atoms with Crippen LogP contribution in [0, 0.1) is 12.8 Å². The first-order chi connectivity index (χ1) is 14.2. The monoisotopic (exact) mass is 456 g/mol. The van der Waals surface area contributed by atoms with Crippen LogP contribution in [0.15, 0.2) is 40.6 Å². The van der Waals surface area contributed by atoms with Crippen LogP contribution in [-0.4, -0.2) is 54.6 Å². The molecule has 1 saturated heterocycles. The standard InChI is InChI=1S/C14H24N4O3.C7H6Cl2/c1-5-15-10(2)16-14(21-4)17-11(3)18-8-6-7-12(9-18)13(19)20;1-5-2-3-6(8)4-7(5)9/h12H,3,5-9H2,1-2,4H3,(H,19,20)(H,15,16,17);2-4H,1H3. The number of aliphatic carboxylic acids is 1. The van der Waals surface area contributed by atoms with Crippen LogP contribution < -0.4 is 5.32 Å². The van der Waals surface area contributed by atoms with Crippen molar-refractivity contribution in [1.29, 1.82) is 0 Å². The van der Waals surface area contributed by atoms with Gasteiger partial charge in [-0.1, -0.05) is 35.8 Å². The number of amidine groups is 2. The second-order valence-corrected chi connectivity index (χ2v) is 7.58. The van der Waals surface area contributed by atoms with Crippen molar-refractivity contribution in [2.24, 2.45) is 15.9 Å². The Bertz CT molecular complexity index is 796. The first-order valence-corrected chi connectivity index (χ1v) is 10.4. The van der Waals surface area contributed by atoms with Crippen LogP contribution in [0.4, 0.5) is 0 Å². The van der Waals surface area contributed by atoms with Crippen molar-refractivity contribution in [3.05, 3.63) is 46.2 Å². The molecule has 0 aliphatic carbocycles. The van der Waals surface area contributed by atoms with E-state index in [0.717, 1.165) is 23.6 Å². The first-order valence-electron chi connectivity index (χ1n) is 9.67. The molecule has 7 nitrogen and oxygen atoms in total. The van der Waals surface area contributed by atoms with Crippen LogP contribution in [-0.2, 0) is 9.53 Å². The van der Waals surface area contributed by atoms with Crippen molar-refractivity contribution < 1.29 is 14.6 Å². The summed E-state index contributed by atoms with van der Waals surface area (Å²) in [5.74, 6) is 0.0584. The lowest BCUT2D eigenvalue weighted by Gasteiger charge is -2.32. The topological polar surface area (TPSA) is 86.5 Å². The fourth-order valence-corrected chi connectivity index (χ4v) is 3.13. The average molecular weight is 457 g/mol. The molecule has 30 heavy (non-hydrogen) atoms. The second-order valence-electron chi connectivity index (χ2n) is 6.74. The molecule has 1 aromatic rings. The minimum atomic E-state index is -0.771. The van der Waals surface area contributed by atoms with Crippen LogP contribution in [0.5, 0.6) is 0 Å². The fourth-order valence-electron chi connectivity index (χ4n) is 2.72. The molecule has 1 aliphatic rings. The van der Waals surface area contributed by atoms with Gasteiger partial charge in [0.1, 0.15) is 11.7 Å². The molecule has 0 bridgehead atoms. The molecule has 1 aromatic carbocycles.